The quantitative estimate of drug-likeness (QED) is 0.656. The third-order valence-electron chi connectivity index (χ3n) is 3.25. The molecule has 1 N–H and O–H groups in total. The molecule has 0 amide bonds. The monoisotopic (exact) mass is 179 g/mol. The van der Waals surface area contributed by atoms with E-state index in [0.717, 1.165) is 0 Å². The van der Waals surface area contributed by atoms with Crippen molar-refractivity contribution in [3.05, 3.63) is 0 Å². The second-order valence-electron chi connectivity index (χ2n) is 5.13. The van der Waals surface area contributed by atoms with Gasteiger partial charge in [0, 0.05) is 6.04 Å². The number of nitrogens with one attached hydrogen (secondary N) is 1. The summed E-state index contributed by atoms with van der Waals surface area (Å²) in [4.78, 5) is 0. The first-order valence-corrected chi connectivity index (χ1v) is 5.19. The first-order valence-electron chi connectivity index (χ1n) is 5.19. The fourth-order valence-corrected chi connectivity index (χ4v) is 1.82. The summed E-state index contributed by atoms with van der Waals surface area (Å²) in [6, 6.07) is 0.862. The largest absolute Gasteiger partial charge is 0.300 e. The van der Waals surface area contributed by atoms with Crippen LogP contribution >= 0.6 is 0 Å². The Balaban J connectivity index is 2.45. The summed E-state index contributed by atoms with van der Waals surface area (Å²) in [7, 11) is 0. The SMILES string of the molecule is C#CC(NC1CCC1(C)C)C(C)C. The van der Waals surface area contributed by atoms with E-state index < -0.39 is 0 Å². The fraction of sp³-hybridized carbons (Fsp3) is 0.833. The Bertz CT molecular complexity index is 210. The van der Waals surface area contributed by atoms with Crippen LogP contribution in [-0.4, -0.2) is 12.1 Å². The maximum Gasteiger partial charge on any atom is 0.0712 e. The molecule has 2 unspecified atom stereocenters. The van der Waals surface area contributed by atoms with Crippen LogP contribution < -0.4 is 5.32 Å². The highest BCUT2D eigenvalue weighted by molar-refractivity contribution is 5.05. The van der Waals surface area contributed by atoms with Crippen LogP contribution in [0.25, 0.3) is 0 Å². The summed E-state index contributed by atoms with van der Waals surface area (Å²) in [5.41, 5.74) is 0.448. The number of terminal acetylenes is 1. The van der Waals surface area contributed by atoms with Gasteiger partial charge in [-0.2, -0.15) is 0 Å². The first-order chi connectivity index (χ1) is 5.97. The van der Waals surface area contributed by atoms with Gasteiger partial charge in [0.1, 0.15) is 0 Å². The van der Waals surface area contributed by atoms with E-state index in [0.29, 0.717) is 17.4 Å². The molecule has 74 valence electrons. The molecule has 0 spiro atoms. The van der Waals surface area contributed by atoms with Gasteiger partial charge in [-0.1, -0.05) is 33.6 Å². The van der Waals surface area contributed by atoms with Crippen molar-refractivity contribution in [2.24, 2.45) is 11.3 Å². The van der Waals surface area contributed by atoms with Gasteiger partial charge < -0.3 is 5.32 Å². The highest BCUT2D eigenvalue weighted by Gasteiger charge is 2.39. The summed E-state index contributed by atoms with van der Waals surface area (Å²) in [5, 5.41) is 3.56. The molecule has 0 heterocycles. The highest BCUT2D eigenvalue weighted by atomic mass is 15.0. The van der Waals surface area contributed by atoms with Crippen molar-refractivity contribution >= 4 is 0 Å². The average molecular weight is 179 g/mol. The van der Waals surface area contributed by atoms with Gasteiger partial charge in [0.15, 0.2) is 0 Å². The standard InChI is InChI=1S/C12H21N/c1-6-10(9(2)3)13-11-7-8-12(11,4)5/h1,9-11,13H,7-8H2,2-5H3. The topological polar surface area (TPSA) is 12.0 Å². The van der Waals surface area contributed by atoms with E-state index in [9.17, 15) is 0 Å². The van der Waals surface area contributed by atoms with Gasteiger partial charge in [-0.25, -0.2) is 0 Å². The third-order valence-corrected chi connectivity index (χ3v) is 3.25. The number of hydrogen-bond donors (Lipinski definition) is 1. The lowest BCUT2D eigenvalue weighted by molar-refractivity contribution is 0.0988. The molecule has 0 aromatic rings. The van der Waals surface area contributed by atoms with Crippen LogP contribution in [0.3, 0.4) is 0 Å². The predicted molar refractivity (Wildman–Crippen MR) is 57.4 cm³/mol. The number of rotatable bonds is 3. The molecule has 0 aromatic carbocycles. The van der Waals surface area contributed by atoms with Gasteiger partial charge in [0.2, 0.25) is 0 Å². The van der Waals surface area contributed by atoms with Gasteiger partial charge in [-0.05, 0) is 24.2 Å². The Kier molecular flexibility index (Phi) is 3.03. The second-order valence-corrected chi connectivity index (χ2v) is 5.13. The summed E-state index contributed by atoms with van der Waals surface area (Å²) in [5.74, 6) is 3.36. The van der Waals surface area contributed by atoms with E-state index in [1.165, 1.54) is 12.8 Å². The Hall–Kier alpha value is -0.480. The second kappa shape index (κ2) is 3.72. The van der Waals surface area contributed by atoms with Crippen molar-refractivity contribution in [1.29, 1.82) is 0 Å². The lowest BCUT2D eigenvalue weighted by Crippen LogP contribution is -2.54. The molecule has 1 aliphatic rings. The zero-order valence-corrected chi connectivity index (χ0v) is 9.22. The fourth-order valence-electron chi connectivity index (χ4n) is 1.82. The van der Waals surface area contributed by atoms with Crippen LogP contribution in [-0.2, 0) is 0 Å². The van der Waals surface area contributed by atoms with Crippen molar-refractivity contribution in [2.75, 3.05) is 0 Å². The van der Waals surface area contributed by atoms with E-state index in [1.54, 1.807) is 0 Å². The van der Waals surface area contributed by atoms with Crippen molar-refractivity contribution in [3.8, 4) is 12.3 Å². The van der Waals surface area contributed by atoms with Crippen LogP contribution in [0.1, 0.15) is 40.5 Å². The summed E-state index contributed by atoms with van der Waals surface area (Å²) < 4.78 is 0. The van der Waals surface area contributed by atoms with Gasteiger partial charge in [0.25, 0.3) is 0 Å². The molecular formula is C12H21N. The molecule has 1 aliphatic carbocycles. The summed E-state index contributed by atoms with van der Waals surface area (Å²) in [6.45, 7) is 8.95. The van der Waals surface area contributed by atoms with Gasteiger partial charge in [-0.3, -0.25) is 0 Å². The molecule has 1 heteroatoms. The van der Waals surface area contributed by atoms with Crippen molar-refractivity contribution < 1.29 is 0 Å². The van der Waals surface area contributed by atoms with E-state index in [2.05, 4.69) is 38.9 Å². The first kappa shape index (κ1) is 10.6. The highest BCUT2D eigenvalue weighted by Crippen LogP contribution is 2.40. The molecule has 2 atom stereocenters. The Morgan fingerprint density at radius 1 is 1.46 bits per heavy atom. The molecule has 0 aliphatic heterocycles. The lowest BCUT2D eigenvalue weighted by atomic mass is 9.67. The Labute approximate surface area is 82.3 Å². The van der Waals surface area contributed by atoms with Crippen LogP contribution in [0.15, 0.2) is 0 Å². The molecule has 13 heavy (non-hydrogen) atoms. The zero-order valence-electron chi connectivity index (χ0n) is 9.22. The Morgan fingerprint density at radius 3 is 2.31 bits per heavy atom. The Morgan fingerprint density at radius 2 is 2.08 bits per heavy atom. The van der Waals surface area contributed by atoms with Gasteiger partial charge >= 0.3 is 0 Å². The molecule has 0 saturated heterocycles. The smallest absolute Gasteiger partial charge is 0.0712 e. The van der Waals surface area contributed by atoms with Crippen molar-refractivity contribution in [1.82, 2.24) is 5.32 Å². The molecule has 1 fully saturated rings. The van der Waals surface area contributed by atoms with Crippen LogP contribution in [0.4, 0.5) is 0 Å². The van der Waals surface area contributed by atoms with Crippen molar-refractivity contribution in [2.45, 2.75) is 52.6 Å². The van der Waals surface area contributed by atoms with Crippen molar-refractivity contribution in [3.63, 3.8) is 0 Å². The van der Waals surface area contributed by atoms with E-state index >= 15 is 0 Å². The van der Waals surface area contributed by atoms with E-state index in [1.807, 2.05) is 0 Å². The van der Waals surface area contributed by atoms with Crippen LogP contribution in [0.2, 0.25) is 0 Å². The number of hydrogen-bond acceptors (Lipinski definition) is 1. The lowest BCUT2D eigenvalue weighted by Gasteiger charge is -2.46. The zero-order chi connectivity index (χ0) is 10.1. The molecular weight excluding hydrogens is 158 g/mol. The molecule has 0 bridgehead atoms. The molecule has 0 aromatic heterocycles. The van der Waals surface area contributed by atoms with Gasteiger partial charge in [0.05, 0.1) is 6.04 Å². The summed E-state index contributed by atoms with van der Waals surface area (Å²) in [6.07, 6.45) is 8.07. The van der Waals surface area contributed by atoms with E-state index in [4.69, 9.17) is 6.42 Å². The summed E-state index contributed by atoms with van der Waals surface area (Å²) >= 11 is 0. The minimum atomic E-state index is 0.240. The maximum absolute atomic E-state index is 5.48. The van der Waals surface area contributed by atoms with Crippen LogP contribution in [0, 0.1) is 23.7 Å². The minimum Gasteiger partial charge on any atom is -0.300 e. The molecule has 1 saturated carbocycles. The normalized spacial score (nSPS) is 27.8. The predicted octanol–water partition coefficient (Wildman–Crippen LogP) is 2.42. The minimum absolute atomic E-state index is 0.240. The average Bonchev–Trinajstić information content (AvgIpc) is 2.03. The van der Waals surface area contributed by atoms with Crippen LogP contribution in [0.5, 0.6) is 0 Å². The third kappa shape index (κ3) is 2.25. The molecule has 1 nitrogen and oxygen atoms in total. The molecule has 0 radical (unpaired) electrons. The maximum atomic E-state index is 5.48. The molecule has 1 rings (SSSR count). The van der Waals surface area contributed by atoms with E-state index in [-0.39, 0.29) is 6.04 Å². The van der Waals surface area contributed by atoms with Gasteiger partial charge in [-0.15, -0.1) is 6.42 Å².